The predicted molar refractivity (Wildman–Crippen MR) is 53.9 cm³/mol. The number of fused-ring (bicyclic) bond motifs is 1. The monoisotopic (exact) mass is 175 g/mol. The van der Waals surface area contributed by atoms with Gasteiger partial charge in [-0.2, -0.15) is 0 Å². The Hall–Kier alpha value is -1.44. The number of ether oxygens (including phenoxy) is 1. The second-order valence-corrected chi connectivity index (χ2v) is 2.89. The number of H-pyrrole nitrogens is 1. The first-order valence-electron chi connectivity index (χ1n) is 4.70. The van der Waals surface area contributed by atoms with Gasteiger partial charge in [0.05, 0.1) is 8.48 Å². The van der Waals surface area contributed by atoms with E-state index in [2.05, 4.69) is 11.9 Å². The Morgan fingerprint density at radius 1 is 1.62 bits per heavy atom. The Balaban J connectivity index is 2.71. The van der Waals surface area contributed by atoms with E-state index in [1.165, 1.54) is 0 Å². The lowest BCUT2D eigenvalue weighted by Gasteiger charge is -1.99. The lowest BCUT2D eigenvalue weighted by Crippen LogP contribution is -1.82. The molecule has 0 spiro atoms. The molecule has 2 nitrogen and oxygen atoms in total. The molecule has 13 heavy (non-hydrogen) atoms. The van der Waals surface area contributed by atoms with E-state index in [9.17, 15) is 0 Å². The summed E-state index contributed by atoms with van der Waals surface area (Å²) in [7, 11) is 1.64. The zero-order valence-electron chi connectivity index (χ0n) is 8.55. The van der Waals surface area contributed by atoms with Gasteiger partial charge in [-0.15, -0.1) is 0 Å². The minimum atomic E-state index is 0.447. The minimum Gasteiger partial charge on any atom is -0.497 e. The fourth-order valence-electron chi connectivity index (χ4n) is 1.42. The maximum absolute atomic E-state index is 7.69. The van der Waals surface area contributed by atoms with E-state index in [-0.39, 0.29) is 0 Å². The van der Waals surface area contributed by atoms with Gasteiger partial charge in [0.25, 0.3) is 0 Å². The summed E-state index contributed by atoms with van der Waals surface area (Å²) in [6.45, 7) is 3.81. The van der Waals surface area contributed by atoms with E-state index in [1.807, 2.05) is 18.2 Å². The van der Waals surface area contributed by atoms with Crippen LogP contribution in [0, 0.1) is 6.92 Å². The van der Waals surface area contributed by atoms with E-state index in [0.717, 1.165) is 22.2 Å². The van der Waals surface area contributed by atoms with Crippen LogP contribution in [0.4, 0.5) is 0 Å². The third-order valence-electron chi connectivity index (χ3n) is 2.15. The second-order valence-electron chi connectivity index (χ2n) is 2.89. The van der Waals surface area contributed by atoms with Crippen LogP contribution in [0.1, 0.15) is 6.93 Å². The Morgan fingerprint density at radius 2 is 2.46 bits per heavy atom. The summed E-state index contributed by atoms with van der Waals surface area (Å²) in [5.74, 6) is 0.811. The maximum Gasteiger partial charge on any atom is 0.119 e. The summed E-state index contributed by atoms with van der Waals surface area (Å²) < 4.78 is 12.8. The van der Waals surface area contributed by atoms with E-state index in [1.54, 1.807) is 7.11 Å². The average Bonchev–Trinajstić information content (AvgIpc) is 2.52. The molecule has 67 valence electrons. The van der Waals surface area contributed by atoms with Gasteiger partial charge in [-0.25, -0.2) is 0 Å². The molecule has 1 radical (unpaired) electrons. The third-order valence-corrected chi connectivity index (χ3v) is 2.15. The molecule has 0 saturated heterocycles. The molecule has 1 N–H and O–H groups in total. The first kappa shape index (κ1) is 7.01. The summed E-state index contributed by atoms with van der Waals surface area (Å²) in [6.07, 6.45) is 1.06. The molecule has 0 aliphatic heterocycles. The van der Waals surface area contributed by atoms with Crippen molar-refractivity contribution in [3.8, 4) is 5.75 Å². The molecular formula is C11H12NO. The van der Waals surface area contributed by atoms with Crippen LogP contribution in [0.5, 0.6) is 5.75 Å². The van der Waals surface area contributed by atoms with Crippen molar-refractivity contribution in [2.75, 3.05) is 7.11 Å². The smallest absolute Gasteiger partial charge is 0.119 e. The van der Waals surface area contributed by atoms with E-state index in [4.69, 9.17) is 6.11 Å². The first-order chi connectivity index (χ1) is 6.76. The number of hydrogen-bond donors (Lipinski definition) is 1. The summed E-state index contributed by atoms with van der Waals surface area (Å²) in [5, 5.41) is 1.03. The van der Waals surface area contributed by atoms with Gasteiger partial charge in [-0.1, -0.05) is 0 Å². The van der Waals surface area contributed by atoms with E-state index in [0.29, 0.717) is 12.6 Å². The SMILES string of the molecule is [2H]c1[nH]c2ccc(OC)cc2c1C[CH2]. The number of hydrogen-bond acceptors (Lipinski definition) is 1. The molecule has 0 atom stereocenters. The molecular weight excluding hydrogens is 162 g/mol. The van der Waals surface area contributed by atoms with Gasteiger partial charge >= 0.3 is 0 Å². The Labute approximate surface area is 78.9 Å². The van der Waals surface area contributed by atoms with Crippen molar-refractivity contribution in [2.45, 2.75) is 6.42 Å². The van der Waals surface area contributed by atoms with Gasteiger partial charge < -0.3 is 9.72 Å². The molecule has 0 saturated carbocycles. The molecule has 1 aromatic heterocycles. The molecule has 0 amide bonds. The van der Waals surface area contributed by atoms with Gasteiger partial charge in [0.1, 0.15) is 5.75 Å². The van der Waals surface area contributed by atoms with Gasteiger partial charge in [0.2, 0.25) is 0 Å². The summed E-state index contributed by atoms with van der Waals surface area (Å²) in [5.41, 5.74) is 1.91. The Bertz CT molecular complexity index is 462. The highest BCUT2D eigenvalue weighted by Crippen LogP contribution is 2.23. The van der Waals surface area contributed by atoms with Crippen molar-refractivity contribution in [1.82, 2.24) is 4.98 Å². The van der Waals surface area contributed by atoms with Gasteiger partial charge in [0, 0.05) is 17.1 Å². The van der Waals surface area contributed by atoms with E-state index >= 15 is 0 Å². The maximum atomic E-state index is 7.69. The van der Waals surface area contributed by atoms with Gasteiger partial charge in [-0.05, 0) is 37.1 Å². The van der Waals surface area contributed by atoms with Crippen molar-refractivity contribution in [1.29, 1.82) is 0 Å². The lowest BCUT2D eigenvalue weighted by atomic mass is 10.1. The zero-order valence-corrected chi connectivity index (χ0v) is 7.55. The third kappa shape index (κ3) is 1.28. The van der Waals surface area contributed by atoms with E-state index < -0.39 is 0 Å². The minimum absolute atomic E-state index is 0.447. The van der Waals surface area contributed by atoms with Crippen LogP contribution in [0.25, 0.3) is 10.9 Å². The van der Waals surface area contributed by atoms with Crippen LogP contribution in [0.15, 0.2) is 24.4 Å². The predicted octanol–water partition coefficient (Wildman–Crippen LogP) is 2.55. The van der Waals surface area contributed by atoms with Gasteiger partial charge in [0.15, 0.2) is 0 Å². The van der Waals surface area contributed by atoms with Crippen molar-refractivity contribution in [3.05, 3.63) is 36.9 Å². The molecule has 0 unspecified atom stereocenters. The molecule has 0 aliphatic rings. The van der Waals surface area contributed by atoms with Crippen molar-refractivity contribution >= 4 is 10.9 Å². The highest BCUT2D eigenvalue weighted by atomic mass is 16.5. The summed E-state index contributed by atoms with van der Waals surface area (Å²) in [4.78, 5) is 3.00. The molecule has 1 aromatic carbocycles. The van der Waals surface area contributed by atoms with Crippen molar-refractivity contribution in [3.63, 3.8) is 0 Å². The second kappa shape index (κ2) is 3.13. The zero-order chi connectivity index (χ0) is 10.1. The van der Waals surface area contributed by atoms with Crippen LogP contribution in [0.2, 0.25) is 0 Å². The highest BCUT2D eigenvalue weighted by Gasteiger charge is 2.02. The largest absolute Gasteiger partial charge is 0.497 e. The number of aromatic nitrogens is 1. The van der Waals surface area contributed by atoms with Crippen LogP contribution >= 0.6 is 0 Å². The molecule has 0 bridgehead atoms. The molecule has 2 aromatic rings. The van der Waals surface area contributed by atoms with Crippen LogP contribution in [-0.2, 0) is 6.42 Å². The van der Waals surface area contributed by atoms with Crippen LogP contribution < -0.4 is 4.74 Å². The Kier molecular flexibility index (Phi) is 1.69. The number of methoxy groups -OCH3 is 1. The number of nitrogens with one attached hydrogen (secondary N) is 1. The molecule has 2 rings (SSSR count). The Morgan fingerprint density at radius 3 is 3.15 bits per heavy atom. The first-order valence-corrected chi connectivity index (χ1v) is 4.20. The quantitative estimate of drug-likeness (QED) is 0.745. The van der Waals surface area contributed by atoms with Crippen molar-refractivity contribution in [2.24, 2.45) is 0 Å². The number of aromatic amines is 1. The molecule has 0 fully saturated rings. The molecule has 0 aliphatic carbocycles. The normalized spacial score (nSPS) is 11.7. The molecule has 1 heterocycles. The molecule has 2 heteroatoms. The summed E-state index contributed by atoms with van der Waals surface area (Å²) >= 11 is 0. The van der Waals surface area contributed by atoms with Crippen LogP contribution in [-0.4, -0.2) is 12.1 Å². The standard InChI is InChI=1S/C11H12NO/c1-3-8-7-12-11-5-4-9(13-2)6-10(8)11/h4-7,12H,1,3H2,2H3/i7D. The number of rotatable bonds is 2. The fourth-order valence-corrected chi connectivity index (χ4v) is 1.42. The summed E-state index contributed by atoms with van der Waals surface area (Å²) in [6, 6.07) is 5.74. The van der Waals surface area contributed by atoms with Gasteiger partial charge in [-0.3, -0.25) is 0 Å². The number of benzene rings is 1. The van der Waals surface area contributed by atoms with Crippen molar-refractivity contribution < 1.29 is 6.11 Å². The average molecular weight is 175 g/mol. The lowest BCUT2D eigenvalue weighted by molar-refractivity contribution is 0.415. The van der Waals surface area contributed by atoms with Crippen LogP contribution in [0.3, 0.4) is 0 Å². The highest BCUT2D eigenvalue weighted by molar-refractivity contribution is 5.84. The topological polar surface area (TPSA) is 25.0 Å². The fraction of sp³-hybridized carbons (Fsp3) is 0.182.